The summed E-state index contributed by atoms with van der Waals surface area (Å²) in [5.74, 6) is -0.339. The van der Waals surface area contributed by atoms with E-state index in [2.05, 4.69) is 35.7 Å². The number of nitrogens with two attached hydrogens (primary N) is 1. The molecular weight excluding hydrogens is 513 g/mol. The summed E-state index contributed by atoms with van der Waals surface area (Å²) in [6.45, 7) is 12.7. The van der Waals surface area contributed by atoms with Crippen LogP contribution in [0.1, 0.15) is 32.6 Å². The number of fused-ring (bicyclic) bond motifs is 1. The second-order valence-corrected chi connectivity index (χ2v) is 9.00. The van der Waals surface area contributed by atoms with Gasteiger partial charge in [0.1, 0.15) is 29.6 Å². The molecule has 0 fully saturated rings. The van der Waals surface area contributed by atoms with Gasteiger partial charge in [-0.1, -0.05) is 17.7 Å². The first kappa shape index (κ1) is 26.3. The van der Waals surface area contributed by atoms with Gasteiger partial charge in [-0.15, -0.1) is 0 Å². The van der Waals surface area contributed by atoms with Crippen molar-refractivity contribution < 1.29 is 9.18 Å². The van der Waals surface area contributed by atoms with Crippen molar-refractivity contribution in [1.82, 2.24) is 24.8 Å². The fourth-order valence-corrected chi connectivity index (χ4v) is 4.04. The van der Waals surface area contributed by atoms with E-state index >= 15 is 0 Å². The zero-order chi connectivity index (χ0) is 27.6. The number of nitrogens with one attached hydrogen (secondary N) is 3. The van der Waals surface area contributed by atoms with Crippen LogP contribution in [-0.2, 0) is 0 Å². The number of rotatable bonds is 6. The average Bonchev–Trinajstić information content (AvgIpc) is 2.85. The second kappa shape index (κ2) is 10.7. The van der Waals surface area contributed by atoms with Gasteiger partial charge in [0.15, 0.2) is 0 Å². The molecule has 38 heavy (non-hydrogen) atoms. The van der Waals surface area contributed by atoms with Crippen LogP contribution in [0.25, 0.3) is 21.4 Å². The quantitative estimate of drug-likeness (QED) is 0.259. The van der Waals surface area contributed by atoms with Gasteiger partial charge in [0, 0.05) is 6.04 Å². The third-order valence-corrected chi connectivity index (χ3v) is 5.77. The largest absolute Gasteiger partial charge is 0.392 e. The van der Waals surface area contributed by atoms with Crippen molar-refractivity contribution in [2.75, 3.05) is 16.4 Å². The Bertz CT molecular complexity index is 1650. The van der Waals surface area contributed by atoms with Crippen molar-refractivity contribution in [3.05, 3.63) is 81.2 Å². The highest BCUT2D eigenvalue weighted by molar-refractivity contribution is 6.35. The first-order valence-electron chi connectivity index (χ1n) is 11.4. The van der Waals surface area contributed by atoms with E-state index < -0.39 is 23.4 Å². The summed E-state index contributed by atoms with van der Waals surface area (Å²) in [6, 6.07) is 7.23. The zero-order valence-corrected chi connectivity index (χ0v) is 21.3. The van der Waals surface area contributed by atoms with Gasteiger partial charge in [-0.3, -0.25) is 9.36 Å². The van der Waals surface area contributed by atoms with Crippen molar-refractivity contribution in [1.29, 1.82) is 0 Å². The number of nitrogen functional groups attached to an aromatic ring is 1. The monoisotopic (exact) mass is 535 g/mol. The van der Waals surface area contributed by atoms with Crippen LogP contribution >= 0.6 is 11.6 Å². The molecule has 5 N–H and O–H groups in total. The van der Waals surface area contributed by atoms with Crippen molar-refractivity contribution in [3.63, 3.8) is 0 Å². The molecule has 13 heteroatoms. The van der Waals surface area contributed by atoms with E-state index in [1.165, 1.54) is 23.0 Å². The predicted octanol–water partition coefficient (Wildman–Crippen LogP) is 4.80. The topological polar surface area (TPSA) is 144 Å². The number of anilines is 3. The Hall–Kier alpha value is -4.76. The fraction of sp³-hybridized carbons (Fsp3) is 0.200. The standard InChI is InChI=1S/C25H23ClFN9O2/c1-12(2)32-25(38)35-18-10-14(8-9-16(18)27)36-23(34-17-7-5-6-15(26)19(17)24(36)37)13(3)33-22-20(29-4)21(28)30-11-31-22/h5-13H,1-3H3,(H2,32,35,38)(H3,28,30,31,33)/t13-/m0/s1. The van der Waals surface area contributed by atoms with E-state index in [0.29, 0.717) is 5.52 Å². The van der Waals surface area contributed by atoms with Gasteiger partial charge in [0.2, 0.25) is 0 Å². The molecule has 0 aliphatic carbocycles. The highest BCUT2D eigenvalue weighted by Gasteiger charge is 2.22. The Labute approximate surface area is 221 Å². The van der Waals surface area contributed by atoms with Crippen LogP contribution in [0.2, 0.25) is 5.02 Å². The number of hydrogen-bond acceptors (Lipinski definition) is 7. The summed E-state index contributed by atoms with van der Waals surface area (Å²) < 4.78 is 15.9. The molecule has 0 saturated heterocycles. The predicted molar refractivity (Wildman–Crippen MR) is 144 cm³/mol. The van der Waals surface area contributed by atoms with E-state index in [4.69, 9.17) is 23.9 Å². The fourth-order valence-electron chi connectivity index (χ4n) is 3.79. The van der Waals surface area contributed by atoms with E-state index in [9.17, 15) is 14.0 Å². The molecule has 11 nitrogen and oxygen atoms in total. The van der Waals surface area contributed by atoms with Crippen LogP contribution in [0.4, 0.5) is 32.2 Å². The summed E-state index contributed by atoms with van der Waals surface area (Å²) in [5, 5.41) is 8.50. The third-order valence-electron chi connectivity index (χ3n) is 5.45. The molecule has 194 valence electrons. The number of carbonyl (C=O) groups is 1. The maximum Gasteiger partial charge on any atom is 0.319 e. The molecule has 0 aliphatic heterocycles. The summed E-state index contributed by atoms with van der Waals surface area (Å²) in [6.07, 6.45) is 1.21. The number of benzene rings is 2. The highest BCUT2D eigenvalue weighted by Crippen LogP contribution is 2.31. The van der Waals surface area contributed by atoms with E-state index in [0.717, 1.165) is 6.07 Å². The van der Waals surface area contributed by atoms with Gasteiger partial charge in [-0.2, -0.15) is 0 Å². The van der Waals surface area contributed by atoms with Crippen LogP contribution in [0.5, 0.6) is 0 Å². The molecule has 2 amide bonds. The SMILES string of the molecule is [C-]#[N+]c1c(N)ncnc1N[C@@H](C)c1nc2cccc(Cl)c2c(=O)n1-c1ccc(F)c(NC(=O)NC(C)C)c1. The lowest BCUT2D eigenvalue weighted by Gasteiger charge is -2.21. The summed E-state index contributed by atoms with van der Waals surface area (Å²) in [7, 11) is 0. The van der Waals surface area contributed by atoms with Crippen molar-refractivity contribution in [3.8, 4) is 5.69 Å². The van der Waals surface area contributed by atoms with Gasteiger partial charge < -0.3 is 21.7 Å². The van der Waals surface area contributed by atoms with Gasteiger partial charge in [-0.25, -0.2) is 29.0 Å². The lowest BCUT2D eigenvalue weighted by Crippen LogP contribution is -2.34. The molecule has 0 radical (unpaired) electrons. The highest BCUT2D eigenvalue weighted by atomic mass is 35.5. The Morgan fingerprint density at radius 1 is 1.21 bits per heavy atom. The molecule has 4 aromatic rings. The second-order valence-electron chi connectivity index (χ2n) is 8.60. The molecule has 0 saturated carbocycles. The van der Waals surface area contributed by atoms with Crippen LogP contribution in [-0.4, -0.2) is 31.6 Å². The molecule has 2 heterocycles. The van der Waals surface area contributed by atoms with Crippen molar-refractivity contribution in [2.45, 2.75) is 32.9 Å². The Kier molecular flexibility index (Phi) is 7.40. The van der Waals surface area contributed by atoms with Crippen LogP contribution in [0.15, 0.2) is 47.5 Å². The molecule has 1 atom stereocenters. The van der Waals surface area contributed by atoms with Crippen molar-refractivity contribution >= 4 is 51.5 Å². The lowest BCUT2D eigenvalue weighted by molar-refractivity contribution is 0.250. The molecule has 2 aromatic carbocycles. The smallest absolute Gasteiger partial charge is 0.319 e. The first-order valence-corrected chi connectivity index (χ1v) is 11.8. The molecule has 0 unspecified atom stereocenters. The molecule has 0 bridgehead atoms. The third kappa shape index (κ3) is 5.18. The lowest BCUT2D eigenvalue weighted by atomic mass is 10.2. The molecule has 2 aromatic heterocycles. The minimum atomic E-state index is -0.702. The number of amides is 2. The summed E-state index contributed by atoms with van der Waals surface area (Å²) in [4.78, 5) is 42.0. The maximum absolute atomic E-state index is 14.6. The molecule has 0 spiro atoms. The molecule has 4 rings (SSSR count). The van der Waals surface area contributed by atoms with Gasteiger partial charge in [0.25, 0.3) is 11.2 Å². The average molecular weight is 536 g/mol. The van der Waals surface area contributed by atoms with Gasteiger partial charge in [0.05, 0.1) is 39.9 Å². The van der Waals surface area contributed by atoms with E-state index in [1.54, 1.807) is 39.0 Å². The molecule has 0 aliphatic rings. The molecular formula is C25H23ClFN9O2. The minimum absolute atomic E-state index is 0.00531. The van der Waals surface area contributed by atoms with E-state index in [1.807, 2.05) is 0 Å². The van der Waals surface area contributed by atoms with Crippen LogP contribution < -0.4 is 27.2 Å². The normalized spacial score (nSPS) is 11.7. The Morgan fingerprint density at radius 2 is 1.97 bits per heavy atom. The Balaban J connectivity index is 1.89. The minimum Gasteiger partial charge on any atom is -0.392 e. The van der Waals surface area contributed by atoms with E-state index in [-0.39, 0.29) is 51.0 Å². The number of carbonyl (C=O) groups excluding carboxylic acids is 1. The number of aromatic nitrogens is 4. The summed E-state index contributed by atoms with van der Waals surface area (Å²) >= 11 is 6.36. The number of urea groups is 1. The van der Waals surface area contributed by atoms with Gasteiger partial charge in [-0.05, 0) is 51.1 Å². The van der Waals surface area contributed by atoms with Crippen LogP contribution in [0, 0.1) is 12.4 Å². The number of halogens is 2. The number of nitrogens with zero attached hydrogens (tertiary/aromatic N) is 5. The first-order chi connectivity index (χ1) is 18.1. The summed E-state index contributed by atoms with van der Waals surface area (Å²) in [5.41, 5.74) is 5.74. The maximum atomic E-state index is 14.6. The van der Waals surface area contributed by atoms with Gasteiger partial charge >= 0.3 is 6.03 Å². The van der Waals surface area contributed by atoms with Crippen LogP contribution in [0.3, 0.4) is 0 Å². The zero-order valence-electron chi connectivity index (χ0n) is 20.6. The van der Waals surface area contributed by atoms with Crippen molar-refractivity contribution in [2.24, 2.45) is 0 Å². The number of hydrogen-bond donors (Lipinski definition) is 4. The Morgan fingerprint density at radius 3 is 2.68 bits per heavy atom.